The predicted octanol–water partition coefficient (Wildman–Crippen LogP) is 1.04. The molecular weight excluding hydrogens is 214 g/mol. The summed E-state index contributed by atoms with van der Waals surface area (Å²) in [5, 5.41) is 8.81. The molecule has 1 aromatic carbocycles. The Labute approximate surface area is 102 Å². The van der Waals surface area contributed by atoms with Gasteiger partial charge in [0.1, 0.15) is 0 Å². The Hall–Kier alpha value is -1.57. The van der Waals surface area contributed by atoms with E-state index in [-0.39, 0.29) is 6.10 Å². The summed E-state index contributed by atoms with van der Waals surface area (Å²) in [6.45, 7) is 3.24. The Morgan fingerprint density at radius 2 is 2.18 bits per heavy atom. The van der Waals surface area contributed by atoms with E-state index in [1.807, 2.05) is 12.1 Å². The second-order valence-corrected chi connectivity index (χ2v) is 4.28. The summed E-state index contributed by atoms with van der Waals surface area (Å²) in [6, 6.07) is 10.1. The van der Waals surface area contributed by atoms with Gasteiger partial charge >= 0.3 is 0 Å². The van der Waals surface area contributed by atoms with Gasteiger partial charge in [-0.3, -0.25) is 4.90 Å². The number of rotatable bonds is 3. The molecule has 2 rings (SSSR count). The van der Waals surface area contributed by atoms with E-state index in [1.54, 1.807) is 0 Å². The number of hydrogen-bond donors (Lipinski definition) is 1. The molecule has 4 nitrogen and oxygen atoms in total. The van der Waals surface area contributed by atoms with E-state index >= 15 is 0 Å². The first-order valence-corrected chi connectivity index (χ1v) is 5.86. The highest BCUT2D eigenvalue weighted by Crippen LogP contribution is 2.09. The van der Waals surface area contributed by atoms with Crippen LogP contribution in [-0.2, 0) is 11.2 Å². The Morgan fingerprint density at radius 3 is 2.88 bits per heavy atom. The molecule has 4 heteroatoms. The van der Waals surface area contributed by atoms with Crippen LogP contribution in [0.1, 0.15) is 5.56 Å². The van der Waals surface area contributed by atoms with E-state index in [9.17, 15) is 0 Å². The second-order valence-electron chi connectivity index (χ2n) is 4.28. The molecule has 1 aliphatic heterocycles. The average molecular weight is 231 g/mol. The van der Waals surface area contributed by atoms with Crippen molar-refractivity contribution in [2.75, 3.05) is 32.0 Å². The molecule has 0 spiro atoms. The van der Waals surface area contributed by atoms with Crippen LogP contribution in [0.25, 0.3) is 0 Å². The van der Waals surface area contributed by atoms with Gasteiger partial charge in [0, 0.05) is 25.3 Å². The van der Waals surface area contributed by atoms with E-state index in [2.05, 4.69) is 23.1 Å². The number of nitriles is 1. The van der Waals surface area contributed by atoms with Gasteiger partial charge in [0.2, 0.25) is 0 Å². The van der Waals surface area contributed by atoms with Crippen LogP contribution in [0.4, 0.5) is 5.69 Å². The van der Waals surface area contributed by atoms with Crippen LogP contribution in [0.5, 0.6) is 0 Å². The summed E-state index contributed by atoms with van der Waals surface area (Å²) in [5.41, 5.74) is 7.71. The maximum absolute atomic E-state index is 8.81. The zero-order chi connectivity index (χ0) is 12.1. The third-order valence-electron chi connectivity index (χ3n) is 2.99. The number of nitrogens with two attached hydrogens (primary N) is 1. The predicted molar refractivity (Wildman–Crippen MR) is 66.4 cm³/mol. The SMILES string of the molecule is N#CC1CN(CCc2ccc(N)cc2)CCO1. The van der Waals surface area contributed by atoms with Gasteiger partial charge in [0.25, 0.3) is 0 Å². The van der Waals surface area contributed by atoms with Crippen LogP contribution in [0.15, 0.2) is 24.3 Å². The number of nitrogens with zero attached hydrogens (tertiary/aromatic N) is 2. The van der Waals surface area contributed by atoms with Crippen LogP contribution in [0.2, 0.25) is 0 Å². The Balaban J connectivity index is 1.82. The fourth-order valence-electron chi connectivity index (χ4n) is 1.96. The van der Waals surface area contributed by atoms with Gasteiger partial charge in [-0.25, -0.2) is 0 Å². The van der Waals surface area contributed by atoms with Crippen LogP contribution < -0.4 is 5.73 Å². The summed E-state index contributed by atoms with van der Waals surface area (Å²) in [6.07, 6.45) is 0.716. The first-order chi connectivity index (χ1) is 8.28. The molecule has 0 bridgehead atoms. The monoisotopic (exact) mass is 231 g/mol. The lowest BCUT2D eigenvalue weighted by Gasteiger charge is -2.29. The molecule has 0 aliphatic carbocycles. The molecule has 0 amide bonds. The molecule has 1 unspecified atom stereocenters. The molecule has 1 heterocycles. The van der Waals surface area contributed by atoms with E-state index in [0.717, 1.165) is 25.2 Å². The smallest absolute Gasteiger partial charge is 0.156 e. The summed E-state index contributed by atoms with van der Waals surface area (Å²) in [4.78, 5) is 2.27. The summed E-state index contributed by atoms with van der Waals surface area (Å²) in [5.74, 6) is 0. The van der Waals surface area contributed by atoms with Gasteiger partial charge in [-0.1, -0.05) is 12.1 Å². The Morgan fingerprint density at radius 1 is 1.41 bits per heavy atom. The minimum Gasteiger partial charge on any atom is -0.399 e. The van der Waals surface area contributed by atoms with Gasteiger partial charge in [0.15, 0.2) is 6.10 Å². The van der Waals surface area contributed by atoms with Gasteiger partial charge < -0.3 is 10.5 Å². The molecule has 1 atom stereocenters. The van der Waals surface area contributed by atoms with E-state index in [4.69, 9.17) is 15.7 Å². The highest BCUT2D eigenvalue weighted by atomic mass is 16.5. The number of benzene rings is 1. The first-order valence-electron chi connectivity index (χ1n) is 5.86. The molecule has 2 N–H and O–H groups in total. The van der Waals surface area contributed by atoms with Crippen LogP contribution in [0, 0.1) is 11.3 Å². The van der Waals surface area contributed by atoms with Gasteiger partial charge in [-0.05, 0) is 24.1 Å². The minimum absolute atomic E-state index is 0.268. The van der Waals surface area contributed by atoms with E-state index < -0.39 is 0 Å². The minimum atomic E-state index is -0.268. The highest BCUT2D eigenvalue weighted by molar-refractivity contribution is 5.39. The highest BCUT2D eigenvalue weighted by Gasteiger charge is 2.19. The van der Waals surface area contributed by atoms with E-state index in [0.29, 0.717) is 13.2 Å². The fourth-order valence-corrected chi connectivity index (χ4v) is 1.96. The maximum Gasteiger partial charge on any atom is 0.156 e. The van der Waals surface area contributed by atoms with Gasteiger partial charge in [-0.15, -0.1) is 0 Å². The number of morpholine rings is 1. The maximum atomic E-state index is 8.81. The molecule has 0 radical (unpaired) electrons. The second kappa shape index (κ2) is 5.67. The largest absolute Gasteiger partial charge is 0.399 e. The topological polar surface area (TPSA) is 62.3 Å². The zero-order valence-electron chi connectivity index (χ0n) is 9.80. The third kappa shape index (κ3) is 3.45. The first kappa shape index (κ1) is 11.9. The molecule has 1 saturated heterocycles. The summed E-state index contributed by atoms with van der Waals surface area (Å²) < 4.78 is 5.31. The lowest BCUT2D eigenvalue weighted by Crippen LogP contribution is -2.42. The molecule has 1 fully saturated rings. The van der Waals surface area contributed by atoms with Crippen LogP contribution in [-0.4, -0.2) is 37.2 Å². The lowest BCUT2D eigenvalue weighted by molar-refractivity contribution is 0.00105. The molecule has 17 heavy (non-hydrogen) atoms. The standard InChI is InChI=1S/C13H17N3O/c14-9-13-10-16(7-8-17-13)6-5-11-1-3-12(15)4-2-11/h1-4,13H,5-8,10,15H2. The number of ether oxygens (including phenoxy) is 1. The van der Waals surface area contributed by atoms with E-state index in [1.165, 1.54) is 5.56 Å². The molecule has 0 aromatic heterocycles. The third-order valence-corrected chi connectivity index (χ3v) is 2.99. The molecule has 0 saturated carbocycles. The van der Waals surface area contributed by atoms with Crippen LogP contribution in [0.3, 0.4) is 0 Å². The lowest BCUT2D eigenvalue weighted by atomic mass is 10.1. The quantitative estimate of drug-likeness (QED) is 0.789. The Bertz CT molecular complexity index is 396. The van der Waals surface area contributed by atoms with Crippen LogP contribution >= 0.6 is 0 Å². The zero-order valence-corrected chi connectivity index (χ0v) is 9.80. The fraction of sp³-hybridized carbons (Fsp3) is 0.462. The average Bonchev–Trinajstić information content (AvgIpc) is 2.38. The van der Waals surface area contributed by atoms with Gasteiger partial charge in [-0.2, -0.15) is 5.26 Å². The normalized spacial score (nSPS) is 21.0. The van der Waals surface area contributed by atoms with Crippen molar-refractivity contribution >= 4 is 5.69 Å². The molecular formula is C13H17N3O. The van der Waals surface area contributed by atoms with Gasteiger partial charge in [0.05, 0.1) is 12.7 Å². The molecule has 90 valence electrons. The van der Waals surface area contributed by atoms with Crippen molar-refractivity contribution < 1.29 is 4.74 Å². The van der Waals surface area contributed by atoms with Crippen molar-refractivity contribution in [2.24, 2.45) is 0 Å². The number of nitrogen functional groups attached to an aromatic ring is 1. The summed E-state index contributed by atoms with van der Waals surface area (Å²) >= 11 is 0. The van der Waals surface area contributed by atoms with Crippen molar-refractivity contribution in [2.45, 2.75) is 12.5 Å². The van der Waals surface area contributed by atoms with Crippen molar-refractivity contribution in [1.82, 2.24) is 4.90 Å². The Kier molecular flexibility index (Phi) is 3.97. The van der Waals surface area contributed by atoms with Crippen molar-refractivity contribution in [3.8, 4) is 6.07 Å². The molecule has 1 aliphatic rings. The number of anilines is 1. The number of hydrogen-bond acceptors (Lipinski definition) is 4. The van der Waals surface area contributed by atoms with Crippen molar-refractivity contribution in [3.63, 3.8) is 0 Å². The molecule has 1 aromatic rings. The summed E-state index contributed by atoms with van der Waals surface area (Å²) in [7, 11) is 0. The van der Waals surface area contributed by atoms with Crippen molar-refractivity contribution in [3.05, 3.63) is 29.8 Å². The van der Waals surface area contributed by atoms with Crippen molar-refractivity contribution in [1.29, 1.82) is 5.26 Å².